The lowest BCUT2D eigenvalue weighted by Crippen LogP contribution is -2.33. The maximum absolute atomic E-state index is 9.72. The van der Waals surface area contributed by atoms with Crippen LogP contribution >= 0.6 is 0 Å². The van der Waals surface area contributed by atoms with E-state index in [2.05, 4.69) is 34.6 Å². The maximum Gasteiger partial charge on any atom is 0.268 e. The molecule has 0 aromatic heterocycles. The highest BCUT2D eigenvalue weighted by molar-refractivity contribution is 7.85. The molecule has 0 bridgehead atoms. The molecule has 80 valence electrons. The van der Waals surface area contributed by atoms with Crippen LogP contribution in [-0.4, -0.2) is 50.9 Å². The Balaban J connectivity index is 0. The minimum Gasteiger partial charge on any atom is -0.331 e. The van der Waals surface area contributed by atoms with E-state index in [1.54, 1.807) is 0 Å². The molecule has 0 rings (SSSR count). The van der Waals surface area contributed by atoms with Crippen LogP contribution in [0.4, 0.5) is 0 Å². The van der Waals surface area contributed by atoms with Crippen molar-refractivity contribution in [1.29, 1.82) is 0 Å². The zero-order valence-electron chi connectivity index (χ0n) is 8.82. The molecule has 0 unspecified atom stereocenters. The van der Waals surface area contributed by atoms with Crippen molar-refractivity contribution in [3.8, 4) is 0 Å². The highest BCUT2D eigenvalue weighted by Crippen LogP contribution is 1.83. The molecule has 4 nitrogen and oxygen atoms in total. The predicted octanol–water partition coefficient (Wildman–Crippen LogP) is 0.773. The molecule has 0 radical (unpaired) electrons. The zero-order chi connectivity index (χ0) is 11.1. The summed E-state index contributed by atoms with van der Waals surface area (Å²) < 4.78 is 28.4. The van der Waals surface area contributed by atoms with Gasteiger partial charge in [-0.05, 0) is 6.92 Å². The van der Waals surface area contributed by atoms with Crippen LogP contribution in [0.1, 0.15) is 6.92 Å². The normalized spacial score (nSPS) is 11.5. The topological polar surface area (TPSA) is 54.4 Å². The van der Waals surface area contributed by atoms with Gasteiger partial charge >= 0.3 is 0 Å². The third-order valence-electron chi connectivity index (χ3n) is 1.28. The summed E-state index contributed by atoms with van der Waals surface area (Å²) in [6, 6.07) is 0. The largest absolute Gasteiger partial charge is 0.331 e. The van der Waals surface area contributed by atoms with E-state index < -0.39 is 10.1 Å². The third-order valence-corrected chi connectivity index (χ3v) is 1.93. The number of quaternary nitrogens is 1. The number of rotatable bonds is 3. The summed E-state index contributed by atoms with van der Waals surface area (Å²) in [5, 5.41) is 0. The monoisotopic (exact) mass is 210 g/mol. The lowest BCUT2D eigenvalue weighted by molar-refractivity contribution is -0.868. The van der Waals surface area contributed by atoms with E-state index in [4.69, 9.17) is 4.55 Å². The first-order chi connectivity index (χ1) is 5.62. The molecule has 0 aliphatic rings. The molecule has 0 heterocycles. The Kier molecular flexibility index (Phi) is 7.11. The summed E-state index contributed by atoms with van der Waals surface area (Å²) in [6.45, 7) is 6.50. The minimum absolute atomic E-state index is 0.368. The van der Waals surface area contributed by atoms with Crippen LogP contribution in [0.5, 0.6) is 0 Å². The lowest BCUT2D eigenvalue weighted by Gasteiger charge is -2.20. The standard InChI is InChI=1S/C5H14N.C3H6O3S/c1-5-6(2,3)4;1-2-3-7(4,5)6/h5H2,1-4H3;2H,1,3H2,(H,4,5,6)/q+1;. The van der Waals surface area contributed by atoms with Gasteiger partial charge in [-0.2, -0.15) is 8.42 Å². The highest BCUT2D eigenvalue weighted by atomic mass is 32.2. The van der Waals surface area contributed by atoms with E-state index in [1.807, 2.05) is 0 Å². The molecule has 0 aromatic carbocycles. The van der Waals surface area contributed by atoms with Crippen molar-refractivity contribution in [2.24, 2.45) is 0 Å². The van der Waals surface area contributed by atoms with Crippen molar-refractivity contribution in [1.82, 2.24) is 0 Å². The predicted molar refractivity (Wildman–Crippen MR) is 55.2 cm³/mol. The molecule has 0 atom stereocenters. The van der Waals surface area contributed by atoms with Gasteiger partial charge in [-0.3, -0.25) is 4.55 Å². The van der Waals surface area contributed by atoms with E-state index in [-0.39, 0.29) is 5.75 Å². The van der Waals surface area contributed by atoms with Gasteiger partial charge < -0.3 is 4.48 Å². The summed E-state index contributed by atoms with van der Waals surface area (Å²) in [7, 11) is 2.75. The van der Waals surface area contributed by atoms with Crippen molar-refractivity contribution >= 4 is 10.1 Å². The van der Waals surface area contributed by atoms with Crippen LogP contribution in [0, 0.1) is 0 Å². The Labute approximate surface area is 81.2 Å². The van der Waals surface area contributed by atoms with Gasteiger partial charge in [0, 0.05) is 0 Å². The SMILES string of the molecule is C=CCS(=O)(=O)O.CC[N+](C)(C)C. The van der Waals surface area contributed by atoms with Crippen molar-refractivity contribution in [2.75, 3.05) is 33.4 Å². The second-order valence-corrected chi connectivity index (χ2v) is 5.14. The number of nitrogens with zero attached hydrogens (tertiary/aromatic N) is 1. The van der Waals surface area contributed by atoms with Gasteiger partial charge in [-0.1, -0.05) is 6.08 Å². The second kappa shape index (κ2) is 6.12. The fraction of sp³-hybridized carbons (Fsp3) is 0.750. The van der Waals surface area contributed by atoms with Gasteiger partial charge in [0.15, 0.2) is 0 Å². The molecule has 5 heteroatoms. The summed E-state index contributed by atoms with van der Waals surface area (Å²) in [4.78, 5) is 0. The molecule has 1 N–H and O–H groups in total. The van der Waals surface area contributed by atoms with Crippen LogP contribution in [0.25, 0.3) is 0 Å². The fourth-order valence-electron chi connectivity index (χ4n) is 0.149. The van der Waals surface area contributed by atoms with Crippen LogP contribution < -0.4 is 0 Å². The van der Waals surface area contributed by atoms with Crippen molar-refractivity contribution < 1.29 is 17.5 Å². The van der Waals surface area contributed by atoms with Crippen LogP contribution in [0.3, 0.4) is 0 Å². The van der Waals surface area contributed by atoms with Gasteiger partial charge in [-0.25, -0.2) is 0 Å². The van der Waals surface area contributed by atoms with E-state index in [9.17, 15) is 8.42 Å². The Morgan fingerprint density at radius 2 is 1.69 bits per heavy atom. The van der Waals surface area contributed by atoms with Crippen molar-refractivity contribution in [2.45, 2.75) is 6.92 Å². The Morgan fingerprint density at radius 1 is 1.38 bits per heavy atom. The second-order valence-electron chi connectivity index (χ2n) is 3.64. The van der Waals surface area contributed by atoms with Crippen molar-refractivity contribution in [3.05, 3.63) is 12.7 Å². The third kappa shape index (κ3) is 24.5. The molecule has 0 aliphatic carbocycles. The summed E-state index contributed by atoms with van der Waals surface area (Å²) in [6.07, 6.45) is 1.12. The summed E-state index contributed by atoms with van der Waals surface area (Å²) >= 11 is 0. The summed E-state index contributed by atoms with van der Waals surface area (Å²) in [5.74, 6) is -0.368. The quantitative estimate of drug-likeness (QED) is 0.425. The van der Waals surface area contributed by atoms with Gasteiger partial charge in [0.1, 0.15) is 0 Å². The minimum atomic E-state index is -3.79. The van der Waals surface area contributed by atoms with Crippen LogP contribution in [0.15, 0.2) is 12.7 Å². The molecule has 13 heavy (non-hydrogen) atoms. The molecule has 0 spiro atoms. The Morgan fingerprint density at radius 3 is 1.69 bits per heavy atom. The smallest absolute Gasteiger partial charge is 0.268 e. The molecular weight excluding hydrogens is 190 g/mol. The van der Waals surface area contributed by atoms with Gasteiger partial charge in [0.2, 0.25) is 0 Å². The number of hydrogen-bond donors (Lipinski definition) is 1. The van der Waals surface area contributed by atoms with Crippen LogP contribution in [0.2, 0.25) is 0 Å². The maximum atomic E-state index is 9.72. The molecule has 0 aromatic rings. The molecule has 0 amide bonds. The first-order valence-corrected chi connectivity index (χ1v) is 5.60. The van der Waals surface area contributed by atoms with Gasteiger partial charge in [-0.15, -0.1) is 6.58 Å². The van der Waals surface area contributed by atoms with E-state index in [1.165, 1.54) is 6.54 Å². The van der Waals surface area contributed by atoms with Gasteiger partial charge in [0.05, 0.1) is 33.4 Å². The first kappa shape index (κ1) is 15.1. The van der Waals surface area contributed by atoms with Crippen molar-refractivity contribution in [3.63, 3.8) is 0 Å². The summed E-state index contributed by atoms with van der Waals surface area (Å²) in [5.41, 5.74) is 0. The molecule has 0 fully saturated rings. The first-order valence-electron chi connectivity index (χ1n) is 3.99. The van der Waals surface area contributed by atoms with E-state index >= 15 is 0 Å². The van der Waals surface area contributed by atoms with Gasteiger partial charge in [0.25, 0.3) is 10.1 Å². The number of hydrogen-bond acceptors (Lipinski definition) is 2. The van der Waals surface area contributed by atoms with E-state index in [0.29, 0.717) is 0 Å². The molecular formula is C8H20NO3S+. The Bertz CT molecular complexity index is 226. The molecule has 0 aliphatic heterocycles. The van der Waals surface area contributed by atoms with E-state index in [0.717, 1.165) is 10.6 Å². The fourth-order valence-corrected chi connectivity index (χ4v) is 0.447. The zero-order valence-corrected chi connectivity index (χ0v) is 9.63. The average Bonchev–Trinajstić information content (AvgIpc) is 1.84. The highest BCUT2D eigenvalue weighted by Gasteiger charge is 1.97. The lowest BCUT2D eigenvalue weighted by atomic mass is 10.6. The van der Waals surface area contributed by atoms with Crippen LogP contribution in [-0.2, 0) is 10.1 Å². The molecule has 0 saturated heterocycles. The average molecular weight is 210 g/mol. The molecule has 0 saturated carbocycles. The Hall–Kier alpha value is -0.390.